The Labute approximate surface area is 230 Å². The van der Waals surface area contributed by atoms with Crippen molar-refractivity contribution < 1.29 is 24.2 Å². The Bertz CT molecular complexity index is 1350. The highest BCUT2D eigenvalue weighted by atomic mass is 16.5. The molecule has 0 heterocycles. The summed E-state index contributed by atoms with van der Waals surface area (Å²) in [5, 5.41) is 14.8. The van der Waals surface area contributed by atoms with Gasteiger partial charge in [-0.3, -0.25) is 9.59 Å². The molecule has 3 rings (SSSR count). The van der Waals surface area contributed by atoms with Crippen LogP contribution in [0.15, 0.2) is 66.7 Å². The SMILES string of the molecule is CC(C)(C)c1ccc(OCCCC(=O)Nc2ccccc2C(=O)Nc2ccccc2C(=O)O)c(C(C)(C)C)c1. The van der Waals surface area contributed by atoms with Gasteiger partial charge in [0.15, 0.2) is 0 Å². The van der Waals surface area contributed by atoms with Gasteiger partial charge in [-0.15, -0.1) is 0 Å². The molecule has 3 aromatic carbocycles. The molecule has 3 N–H and O–H groups in total. The summed E-state index contributed by atoms with van der Waals surface area (Å²) in [7, 11) is 0. The zero-order valence-electron chi connectivity index (χ0n) is 23.6. The van der Waals surface area contributed by atoms with Crippen LogP contribution in [0.25, 0.3) is 0 Å². The molecule has 0 saturated heterocycles. The Morgan fingerprint density at radius 2 is 1.36 bits per heavy atom. The Balaban J connectivity index is 1.61. The molecule has 0 aliphatic rings. The van der Waals surface area contributed by atoms with E-state index in [2.05, 4.69) is 64.3 Å². The molecule has 39 heavy (non-hydrogen) atoms. The summed E-state index contributed by atoms with van der Waals surface area (Å²) >= 11 is 0. The third-order valence-electron chi connectivity index (χ3n) is 6.31. The van der Waals surface area contributed by atoms with E-state index in [0.717, 1.165) is 11.3 Å². The van der Waals surface area contributed by atoms with Crippen molar-refractivity contribution in [3.8, 4) is 5.75 Å². The molecule has 3 aromatic rings. The number of carbonyl (C=O) groups is 3. The molecule has 0 atom stereocenters. The highest BCUT2D eigenvalue weighted by Gasteiger charge is 2.23. The summed E-state index contributed by atoms with van der Waals surface area (Å²) in [6, 6.07) is 19.1. The van der Waals surface area contributed by atoms with E-state index in [0.29, 0.717) is 18.7 Å². The zero-order valence-corrected chi connectivity index (χ0v) is 23.6. The van der Waals surface area contributed by atoms with E-state index >= 15 is 0 Å². The minimum Gasteiger partial charge on any atom is -0.493 e. The molecule has 0 aliphatic carbocycles. The van der Waals surface area contributed by atoms with E-state index in [1.165, 1.54) is 17.7 Å². The number of carboxylic acids is 1. The number of carbonyl (C=O) groups excluding carboxylic acids is 2. The maximum Gasteiger partial charge on any atom is 0.337 e. The van der Waals surface area contributed by atoms with E-state index in [9.17, 15) is 19.5 Å². The fourth-order valence-electron chi connectivity index (χ4n) is 4.09. The molecule has 206 valence electrons. The van der Waals surface area contributed by atoms with E-state index in [1.807, 2.05) is 6.07 Å². The number of anilines is 2. The van der Waals surface area contributed by atoms with Crippen LogP contribution in [0.2, 0.25) is 0 Å². The van der Waals surface area contributed by atoms with Crippen molar-refractivity contribution >= 4 is 29.2 Å². The van der Waals surface area contributed by atoms with Crippen LogP contribution in [0.3, 0.4) is 0 Å². The number of ether oxygens (including phenoxy) is 1. The second-order valence-electron chi connectivity index (χ2n) is 11.6. The van der Waals surface area contributed by atoms with Crippen LogP contribution in [0.4, 0.5) is 11.4 Å². The van der Waals surface area contributed by atoms with Gasteiger partial charge in [0, 0.05) is 6.42 Å². The lowest BCUT2D eigenvalue weighted by atomic mass is 9.80. The lowest BCUT2D eigenvalue weighted by molar-refractivity contribution is -0.116. The molecule has 0 aliphatic heterocycles. The topological polar surface area (TPSA) is 105 Å². The Hall–Kier alpha value is -4.13. The quantitative estimate of drug-likeness (QED) is 0.258. The smallest absolute Gasteiger partial charge is 0.337 e. The molecular formula is C32H38N2O5. The van der Waals surface area contributed by atoms with E-state index in [4.69, 9.17) is 4.74 Å². The number of nitrogens with one attached hydrogen (secondary N) is 2. The first-order chi connectivity index (χ1) is 18.3. The van der Waals surface area contributed by atoms with E-state index in [-0.39, 0.29) is 40.0 Å². The number of aromatic carboxylic acids is 1. The number of hydrogen-bond donors (Lipinski definition) is 3. The normalized spacial score (nSPS) is 11.5. The molecule has 7 heteroatoms. The largest absolute Gasteiger partial charge is 0.493 e. The fourth-order valence-corrected chi connectivity index (χ4v) is 4.09. The van der Waals surface area contributed by atoms with Crippen LogP contribution in [0.5, 0.6) is 5.75 Å². The number of hydrogen-bond acceptors (Lipinski definition) is 4. The number of amides is 2. The van der Waals surface area contributed by atoms with Gasteiger partial charge in [-0.1, -0.05) is 77.9 Å². The average molecular weight is 531 g/mol. The maximum atomic E-state index is 12.9. The number of rotatable bonds is 9. The fraction of sp³-hybridized carbons (Fsp3) is 0.344. The summed E-state index contributed by atoms with van der Waals surface area (Å²) in [5.41, 5.74) is 3.05. The van der Waals surface area contributed by atoms with Crippen molar-refractivity contribution in [2.24, 2.45) is 0 Å². The summed E-state index contributed by atoms with van der Waals surface area (Å²) < 4.78 is 6.10. The van der Waals surface area contributed by atoms with Crippen molar-refractivity contribution in [1.82, 2.24) is 0 Å². The average Bonchev–Trinajstić information content (AvgIpc) is 2.86. The van der Waals surface area contributed by atoms with Gasteiger partial charge in [-0.25, -0.2) is 4.79 Å². The van der Waals surface area contributed by atoms with Gasteiger partial charge in [0.1, 0.15) is 5.75 Å². The highest BCUT2D eigenvalue weighted by molar-refractivity contribution is 6.12. The van der Waals surface area contributed by atoms with Gasteiger partial charge in [-0.05, 0) is 58.7 Å². The zero-order chi connectivity index (χ0) is 28.8. The first kappa shape index (κ1) is 29.4. The second-order valence-corrected chi connectivity index (χ2v) is 11.6. The molecular weight excluding hydrogens is 492 g/mol. The van der Waals surface area contributed by atoms with E-state index < -0.39 is 11.9 Å². The second kappa shape index (κ2) is 12.2. The van der Waals surface area contributed by atoms with Crippen molar-refractivity contribution in [2.75, 3.05) is 17.2 Å². The minimum atomic E-state index is -1.14. The first-order valence-electron chi connectivity index (χ1n) is 13.1. The van der Waals surface area contributed by atoms with E-state index in [1.54, 1.807) is 36.4 Å². The van der Waals surface area contributed by atoms with Crippen LogP contribution in [-0.2, 0) is 15.6 Å². The lowest BCUT2D eigenvalue weighted by Gasteiger charge is -2.27. The Morgan fingerprint density at radius 3 is 1.95 bits per heavy atom. The van der Waals surface area contributed by atoms with Crippen LogP contribution >= 0.6 is 0 Å². The van der Waals surface area contributed by atoms with Gasteiger partial charge in [0.2, 0.25) is 5.91 Å². The predicted octanol–water partition coefficient (Wildman–Crippen LogP) is 7.03. The van der Waals surface area contributed by atoms with Gasteiger partial charge < -0.3 is 20.5 Å². The van der Waals surface area contributed by atoms with Crippen molar-refractivity contribution in [2.45, 2.75) is 65.2 Å². The third-order valence-corrected chi connectivity index (χ3v) is 6.31. The minimum absolute atomic E-state index is 0.0185. The number of para-hydroxylation sites is 2. The molecule has 0 spiro atoms. The van der Waals surface area contributed by atoms with Crippen LogP contribution in [-0.4, -0.2) is 29.5 Å². The number of carboxylic acid groups (broad SMARTS) is 1. The van der Waals surface area contributed by atoms with Crippen molar-refractivity contribution in [3.05, 3.63) is 89.0 Å². The highest BCUT2D eigenvalue weighted by Crippen LogP contribution is 2.35. The summed E-state index contributed by atoms with van der Waals surface area (Å²) in [6.07, 6.45) is 0.708. The molecule has 0 fully saturated rings. The van der Waals surface area contributed by atoms with Crippen molar-refractivity contribution in [1.29, 1.82) is 0 Å². The first-order valence-corrected chi connectivity index (χ1v) is 13.1. The predicted molar refractivity (Wildman–Crippen MR) is 155 cm³/mol. The van der Waals surface area contributed by atoms with Crippen molar-refractivity contribution in [3.63, 3.8) is 0 Å². The summed E-state index contributed by atoms with van der Waals surface area (Å²) in [5.74, 6) is -1.09. The van der Waals surface area contributed by atoms with Crippen LogP contribution in [0, 0.1) is 0 Å². The molecule has 0 unspecified atom stereocenters. The van der Waals surface area contributed by atoms with Crippen LogP contribution in [0.1, 0.15) is 86.2 Å². The number of benzene rings is 3. The Kier molecular flexibility index (Phi) is 9.17. The molecule has 0 saturated carbocycles. The Morgan fingerprint density at radius 1 is 0.769 bits per heavy atom. The molecule has 7 nitrogen and oxygen atoms in total. The van der Waals surface area contributed by atoms with Gasteiger partial charge in [0.05, 0.1) is 29.1 Å². The summed E-state index contributed by atoms with van der Waals surface area (Å²) in [4.78, 5) is 37.1. The lowest BCUT2D eigenvalue weighted by Crippen LogP contribution is -2.20. The molecule has 0 bridgehead atoms. The third kappa shape index (κ3) is 7.93. The van der Waals surface area contributed by atoms with Gasteiger partial charge in [-0.2, -0.15) is 0 Å². The maximum absolute atomic E-state index is 12.9. The van der Waals surface area contributed by atoms with Gasteiger partial charge >= 0.3 is 5.97 Å². The molecule has 0 radical (unpaired) electrons. The molecule has 0 aromatic heterocycles. The monoisotopic (exact) mass is 530 g/mol. The molecule has 2 amide bonds. The summed E-state index contributed by atoms with van der Waals surface area (Å²) in [6.45, 7) is 13.4. The standard InChI is InChI=1S/C32H38N2O5/c1-31(2,3)21-17-18-27(24(20-21)32(4,5)6)39-19-11-16-28(35)33-25-14-9-7-12-22(25)29(36)34-26-15-10-8-13-23(26)30(37)38/h7-10,12-15,17-18,20H,11,16,19H2,1-6H3,(H,33,35)(H,34,36)(H,37,38). The van der Waals surface area contributed by atoms with Crippen LogP contribution < -0.4 is 15.4 Å². The van der Waals surface area contributed by atoms with Gasteiger partial charge in [0.25, 0.3) is 5.91 Å².